The zero-order valence-corrected chi connectivity index (χ0v) is 17.9. The third-order valence-electron chi connectivity index (χ3n) is 6.51. The van der Waals surface area contributed by atoms with Gasteiger partial charge in [0.1, 0.15) is 0 Å². The lowest BCUT2D eigenvalue weighted by molar-refractivity contribution is 0.0303. The predicted molar refractivity (Wildman–Crippen MR) is 125 cm³/mol. The molecule has 33 heavy (non-hydrogen) atoms. The number of carbonyl (C=O) groups excluding carboxylic acids is 2. The van der Waals surface area contributed by atoms with E-state index in [1.165, 1.54) is 0 Å². The number of fused-ring (bicyclic) bond motifs is 4. The standard InChI is InChI=1S/C26H22N4O3/c27-25(31)21-14-23(15-2-4-22-16(11-15)5-6-28-22)29-24-19-3-1-17(12-18(19)13-20(21)24)26(32)30-7-9-33-10-8-30/h1-6,11-12,14,28H,7-10,13H2,(H2,27,31). The van der Waals surface area contributed by atoms with Crippen molar-refractivity contribution in [2.45, 2.75) is 6.42 Å². The summed E-state index contributed by atoms with van der Waals surface area (Å²) in [4.78, 5) is 35.3. The predicted octanol–water partition coefficient (Wildman–Crippen LogP) is 3.37. The number of pyridine rings is 1. The lowest BCUT2D eigenvalue weighted by Crippen LogP contribution is -2.40. The third-order valence-corrected chi connectivity index (χ3v) is 6.51. The van der Waals surface area contributed by atoms with Gasteiger partial charge in [-0.3, -0.25) is 9.59 Å². The highest BCUT2D eigenvalue weighted by molar-refractivity contribution is 6.00. The second kappa shape index (κ2) is 7.56. The SMILES string of the molecule is NC(=O)c1cc(-c2ccc3[nH]ccc3c2)nc2c1Cc1cc(C(=O)N3CCOCC3)ccc1-2. The van der Waals surface area contributed by atoms with Crippen LogP contribution in [0.25, 0.3) is 33.4 Å². The number of primary amides is 1. The summed E-state index contributed by atoms with van der Waals surface area (Å²) in [5, 5.41) is 1.07. The van der Waals surface area contributed by atoms with E-state index in [4.69, 9.17) is 15.5 Å². The van der Waals surface area contributed by atoms with Crippen molar-refractivity contribution in [1.82, 2.24) is 14.9 Å². The minimum atomic E-state index is -0.477. The van der Waals surface area contributed by atoms with Gasteiger partial charge in [0.15, 0.2) is 0 Å². The van der Waals surface area contributed by atoms with Crippen LogP contribution >= 0.6 is 0 Å². The number of hydrogen-bond donors (Lipinski definition) is 2. The molecular formula is C26H22N4O3. The van der Waals surface area contributed by atoms with E-state index in [-0.39, 0.29) is 5.91 Å². The van der Waals surface area contributed by atoms with E-state index >= 15 is 0 Å². The van der Waals surface area contributed by atoms with Gasteiger partial charge in [0.05, 0.1) is 24.6 Å². The molecule has 164 valence electrons. The van der Waals surface area contributed by atoms with Crippen LogP contribution in [-0.2, 0) is 11.2 Å². The average Bonchev–Trinajstić information content (AvgIpc) is 3.46. The van der Waals surface area contributed by atoms with Gasteiger partial charge in [0.25, 0.3) is 5.91 Å². The van der Waals surface area contributed by atoms with Crippen LogP contribution in [0.15, 0.2) is 54.7 Å². The number of rotatable bonds is 3. The van der Waals surface area contributed by atoms with Gasteiger partial charge in [0, 0.05) is 58.9 Å². The fourth-order valence-electron chi connectivity index (χ4n) is 4.80. The number of carbonyl (C=O) groups is 2. The molecular weight excluding hydrogens is 416 g/mol. The molecule has 4 aromatic rings. The maximum Gasteiger partial charge on any atom is 0.254 e. The second-order valence-corrected chi connectivity index (χ2v) is 8.48. The van der Waals surface area contributed by atoms with Crippen molar-refractivity contribution in [2.24, 2.45) is 5.73 Å². The molecule has 1 saturated heterocycles. The molecule has 6 rings (SSSR count). The van der Waals surface area contributed by atoms with Crippen molar-refractivity contribution in [3.8, 4) is 22.5 Å². The van der Waals surface area contributed by atoms with Crippen LogP contribution in [-0.4, -0.2) is 53.0 Å². The average molecular weight is 438 g/mol. The van der Waals surface area contributed by atoms with E-state index in [2.05, 4.69) is 4.98 Å². The van der Waals surface area contributed by atoms with Gasteiger partial charge in [-0.05, 0) is 47.5 Å². The lowest BCUT2D eigenvalue weighted by Gasteiger charge is -2.27. The number of nitrogens with one attached hydrogen (secondary N) is 1. The summed E-state index contributed by atoms with van der Waals surface area (Å²) >= 11 is 0. The van der Waals surface area contributed by atoms with E-state index in [0.717, 1.165) is 38.9 Å². The summed E-state index contributed by atoms with van der Waals surface area (Å²) in [6.45, 7) is 2.31. The number of hydrogen-bond acceptors (Lipinski definition) is 4. The molecule has 0 unspecified atom stereocenters. The topological polar surface area (TPSA) is 101 Å². The van der Waals surface area contributed by atoms with E-state index in [1.807, 2.05) is 53.6 Å². The van der Waals surface area contributed by atoms with Crippen LogP contribution in [0.5, 0.6) is 0 Å². The number of nitrogens with two attached hydrogens (primary N) is 1. The van der Waals surface area contributed by atoms with Crippen molar-refractivity contribution in [2.75, 3.05) is 26.3 Å². The molecule has 3 heterocycles. The fraction of sp³-hybridized carbons (Fsp3) is 0.192. The van der Waals surface area contributed by atoms with Crippen molar-refractivity contribution in [1.29, 1.82) is 0 Å². The van der Waals surface area contributed by atoms with Gasteiger partial charge in [-0.1, -0.05) is 12.1 Å². The number of aromatic amines is 1. The molecule has 7 heteroatoms. The summed E-state index contributed by atoms with van der Waals surface area (Å²) in [7, 11) is 0. The van der Waals surface area contributed by atoms with Crippen LogP contribution < -0.4 is 5.73 Å². The molecule has 0 spiro atoms. The first-order valence-corrected chi connectivity index (χ1v) is 11.0. The van der Waals surface area contributed by atoms with Crippen LogP contribution in [0, 0.1) is 0 Å². The molecule has 2 aliphatic rings. The molecule has 0 saturated carbocycles. The maximum absolute atomic E-state index is 12.9. The number of benzene rings is 2. The number of morpholine rings is 1. The number of amides is 2. The molecule has 2 amide bonds. The third kappa shape index (κ3) is 3.29. The van der Waals surface area contributed by atoms with Crippen molar-refractivity contribution >= 4 is 22.7 Å². The summed E-state index contributed by atoms with van der Waals surface area (Å²) in [6.07, 6.45) is 2.42. The molecule has 0 radical (unpaired) electrons. The molecule has 2 aromatic carbocycles. The van der Waals surface area contributed by atoms with Crippen molar-refractivity contribution in [3.63, 3.8) is 0 Å². The molecule has 0 bridgehead atoms. The smallest absolute Gasteiger partial charge is 0.254 e. The molecule has 1 fully saturated rings. The number of aromatic nitrogens is 2. The Bertz CT molecular complexity index is 1430. The molecule has 3 N–H and O–H groups in total. The van der Waals surface area contributed by atoms with Gasteiger partial charge < -0.3 is 20.4 Å². The van der Waals surface area contributed by atoms with Gasteiger partial charge in [-0.25, -0.2) is 4.98 Å². The Balaban J connectivity index is 1.42. The molecule has 2 aromatic heterocycles. The van der Waals surface area contributed by atoms with Gasteiger partial charge in [-0.2, -0.15) is 0 Å². The van der Waals surface area contributed by atoms with Crippen LogP contribution in [0.3, 0.4) is 0 Å². The monoisotopic (exact) mass is 438 g/mol. The first kappa shape index (κ1) is 19.7. The Morgan fingerprint density at radius 3 is 2.70 bits per heavy atom. The van der Waals surface area contributed by atoms with Crippen molar-refractivity contribution in [3.05, 3.63) is 77.0 Å². The number of nitrogens with zero attached hydrogens (tertiary/aromatic N) is 2. The summed E-state index contributed by atoms with van der Waals surface area (Å²) in [5.41, 5.74) is 13.0. The first-order chi connectivity index (χ1) is 16.1. The number of ether oxygens (including phenoxy) is 1. The minimum absolute atomic E-state index is 0.000587. The van der Waals surface area contributed by atoms with Gasteiger partial charge in [0.2, 0.25) is 5.91 Å². The van der Waals surface area contributed by atoms with Crippen LogP contribution in [0.4, 0.5) is 0 Å². The van der Waals surface area contributed by atoms with Gasteiger partial charge in [-0.15, -0.1) is 0 Å². The molecule has 0 atom stereocenters. The molecule has 7 nitrogen and oxygen atoms in total. The molecule has 1 aliphatic heterocycles. The van der Waals surface area contributed by atoms with E-state index in [0.29, 0.717) is 49.5 Å². The Kier molecular flexibility index (Phi) is 4.52. The second-order valence-electron chi connectivity index (χ2n) is 8.48. The summed E-state index contributed by atoms with van der Waals surface area (Å²) < 4.78 is 5.36. The Labute approximate surface area is 190 Å². The highest BCUT2D eigenvalue weighted by Crippen LogP contribution is 2.39. The highest BCUT2D eigenvalue weighted by atomic mass is 16.5. The van der Waals surface area contributed by atoms with E-state index < -0.39 is 5.91 Å². The Morgan fingerprint density at radius 1 is 1.03 bits per heavy atom. The lowest BCUT2D eigenvalue weighted by atomic mass is 10.0. The highest BCUT2D eigenvalue weighted by Gasteiger charge is 2.28. The van der Waals surface area contributed by atoms with Gasteiger partial charge >= 0.3 is 0 Å². The van der Waals surface area contributed by atoms with Crippen LogP contribution in [0.1, 0.15) is 31.8 Å². The van der Waals surface area contributed by atoms with Crippen LogP contribution in [0.2, 0.25) is 0 Å². The summed E-state index contributed by atoms with van der Waals surface area (Å²) in [5.74, 6) is -0.476. The van der Waals surface area contributed by atoms with E-state index in [9.17, 15) is 9.59 Å². The van der Waals surface area contributed by atoms with Crippen molar-refractivity contribution < 1.29 is 14.3 Å². The minimum Gasteiger partial charge on any atom is -0.378 e. The Morgan fingerprint density at radius 2 is 1.88 bits per heavy atom. The maximum atomic E-state index is 12.9. The zero-order valence-electron chi connectivity index (χ0n) is 17.9. The molecule has 1 aliphatic carbocycles. The zero-order chi connectivity index (χ0) is 22.5. The fourth-order valence-corrected chi connectivity index (χ4v) is 4.80. The quantitative estimate of drug-likeness (QED) is 0.451. The Hall–Kier alpha value is -3.97. The number of H-pyrrole nitrogens is 1. The normalized spacial score (nSPS) is 14.8. The van der Waals surface area contributed by atoms with E-state index in [1.54, 1.807) is 6.07 Å². The first-order valence-electron chi connectivity index (χ1n) is 11.0. The summed E-state index contributed by atoms with van der Waals surface area (Å²) in [6, 6.07) is 15.5. The largest absolute Gasteiger partial charge is 0.378 e.